The number of nitrogens with one attached hydrogen (secondary N) is 1. The zero-order chi connectivity index (χ0) is 15.0. The fourth-order valence-electron chi connectivity index (χ4n) is 2.19. The predicted molar refractivity (Wildman–Crippen MR) is 91.6 cm³/mol. The minimum absolute atomic E-state index is 0.282. The Labute approximate surface area is 132 Å². The van der Waals surface area contributed by atoms with Crippen molar-refractivity contribution in [3.05, 3.63) is 33.8 Å². The second kappa shape index (κ2) is 5.91. The van der Waals surface area contributed by atoms with Gasteiger partial charge in [-0.1, -0.05) is 42.8 Å². The lowest BCUT2D eigenvalue weighted by atomic mass is 9.96. The van der Waals surface area contributed by atoms with Gasteiger partial charge in [-0.05, 0) is 47.8 Å². The van der Waals surface area contributed by atoms with Crippen molar-refractivity contribution in [2.45, 2.75) is 57.9 Å². The molecule has 1 unspecified atom stereocenters. The smallest absolute Gasteiger partial charge is 0.192 e. The van der Waals surface area contributed by atoms with Gasteiger partial charge in [0.2, 0.25) is 0 Å². The highest BCUT2D eigenvalue weighted by Crippen LogP contribution is 2.36. The van der Waals surface area contributed by atoms with Gasteiger partial charge in [0.25, 0.3) is 0 Å². The maximum absolute atomic E-state index is 6.34. The van der Waals surface area contributed by atoms with Gasteiger partial charge in [-0.25, -0.2) is 0 Å². The van der Waals surface area contributed by atoms with E-state index in [1.165, 1.54) is 11.1 Å². The molecule has 1 aliphatic heterocycles. The van der Waals surface area contributed by atoms with Crippen LogP contribution in [0.1, 0.15) is 31.9 Å². The van der Waals surface area contributed by atoms with Gasteiger partial charge < -0.3 is 9.74 Å². The third-order valence-electron chi connectivity index (χ3n) is 4.67. The molecule has 1 aromatic carbocycles. The van der Waals surface area contributed by atoms with Crippen LogP contribution in [0.15, 0.2) is 22.7 Å². The standard InChI is InChI=1S/C16H26BrNOSi/c1-16(2,3)20(4,5)19-11-15-9-12-6-7-14(17)8-13(12)10-18-15/h6-8,15,18H,9-11H2,1-5H3. The zero-order valence-electron chi connectivity index (χ0n) is 13.2. The van der Waals surface area contributed by atoms with Crippen molar-refractivity contribution in [1.29, 1.82) is 0 Å². The van der Waals surface area contributed by atoms with Crippen molar-refractivity contribution >= 4 is 24.2 Å². The topological polar surface area (TPSA) is 21.3 Å². The number of fused-ring (bicyclic) bond motifs is 1. The summed E-state index contributed by atoms with van der Waals surface area (Å²) in [6, 6.07) is 7.03. The molecule has 0 saturated heterocycles. The summed E-state index contributed by atoms with van der Waals surface area (Å²) >= 11 is 3.54. The van der Waals surface area contributed by atoms with Crippen molar-refractivity contribution in [3.63, 3.8) is 0 Å². The second-order valence-corrected chi connectivity index (χ2v) is 13.0. The Kier molecular flexibility index (Phi) is 4.79. The molecule has 0 radical (unpaired) electrons. The van der Waals surface area contributed by atoms with Crippen LogP contribution in [0.5, 0.6) is 0 Å². The Bertz CT molecular complexity index is 482. The lowest BCUT2D eigenvalue weighted by Crippen LogP contribution is -2.46. The van der Waals surface area contributed by atoms with Crippen molar-refractivity contribution in [3.8, 4) is 0 Å². The van der Waals surface area contributed by atoms with Crippen LogP contribution in [0.3, 0.4) is 0 Å². The van der Waals surface area contributed by atoms with Crippen LogP contribution in [0, 0.1) is 0 Å². The first-order chi connectivity index (χ1) is 9.19. The van der Waals surface area contributed by atoms with E-state index in [0.717, 1.165) is 24.0 Å². The molecular weight excluding hydrogens is 330 g/mol. The highest BCUT2D eigenvalue weighted by atomic mass is 79.9. The second-order valence-electron chi connectivity index (χ2n) is 7.27. The van der Waals surface area contributed by atoms with Gasteiger partial charge in [0.1, 0.15) is 0 Å². The van der Waals surface area contributed by atoms with E-state index in [1.807, 2.05) is 0 Å². The number of hydrogen-bond donors (Lipinski definition) is 1. The Morgan fingerprint density at radius 3 is 2.65 bits per heavy atom. The minimum Gasteiger partial charge on any atom is -0.415 e. The van der Waals surface area contributed by atoms with Crippen LogP contribution in [0.2, 0.25) is 18.1 Å². The highest BCUT2D eigenvalue weighted by Gasteiger charge is 2.37. The van der Waals surface area contributed by atoms with Crippen LogP contribution in [-0.4, -0.2) is 21.0 Å². The first kappa shape index (κ1) is 16.2. The fourth-order valence-corrected chi connectivity index (χ4v) is 3.65. The number of rotatable bonds is 3. The summed E-state index contributed by atoms with van der Waals surface area (Å²) in [6.45, 7) is 13.3. The van der Waals surface area contributed by atoms with E-state index < -0.39 is 8.32 Å². The average Bonchev–Trinajstić information content (AvgIpc) is 2.35. The zero-order valence-corrected chi connectivity index (χ0v) is 15.8. The maximum atomic E-state index is 6.34. The average molecular weight is 356 g/mol. The number of halogens is 1. The molecule has 20 heavy (non-hydrogen) atoms. The largest absolute Gasteiger partial charge is 0.415 e. The molecule has 0 aliphatic carbocycles. The van der Waals surface area contributed by atoms with Gasteiger partial charge >= 0.3 is 0 Å². The van der Waals surface area contributed by atoms with Crippen LogP contribution in [-0.2, 0) is 17.4 Å². The third kappa shape index (κ3) is 3.73. The molecule has 0 aromatic heterocycles. The van der Waals surface area contributed by atoms with Gasteiger partial charge in [-0.15, -0.1) is 0 Å². The Hall–Kier alpha value is -0.163. The monoisotopic (exact) mass is 355 g/mol. The first-order valence-corrected chi connectivity index (χ1v) is 11.0. The molecule has 2 nitrogen and oxygen atoms in total. The van der Waals surface area contributed by atoms with Crippen LogP contribution in [0.4, 0.5) is 0 Å². The van der Waals surface area contributed by atoms with Crippen molar-refractivity contribution in [2.75, 3.05) is 6.61 Å². The molecule has 1 aliphatic rings. The summed E-state index contributed by atoms with van der Waals surface area (Å²) in [7, 11) is -1.64. The van der Waals surface area contributed by atoms with E-state index in [1.54, 1.807) is 0 Å². The summed E-state index contributed by atoms with van der Waals surface area (Å²) in [5, 5.41) is 3.89. The van der Waals surface area contributed by atoms with Gasteiger partial charge in [-0.3, -0.25) is 0 Å². The Morgan fingerprint density at radius 2 is 2.00 bits per heavy atom. The minimum atomic E-state index is -1.64. The molecule has 0 saturated carbocycles. The van der Waals surface area contributed by atoms with E-state index in [0.29, 0.717) is 6.04 Å². The van der Waals surface area contributed by atoms with Gasteiger partial charge in [0.05, 0.1) is 0 Å². The Balaban J connectivity index is 1.96. The molecule has 1 atom stereocenters. The molecule has 1 heterocycles. The summed E-state index contributed by atoms with van der Waals surface area (Å²) in [6.07, 6.45) is 1.07. The van der Waals surface area contributed by atoms with Crippen molar-refractivity contribution < 1.29 is 4.43 Å². The normalized spacial score (nSPS) is 19.8. The summed E-state index contributed by atoms with van der Waals surface area (Å²) < 4.78 is 7.50. The molecule has 112 valence electrons. The molecule has 0 fully saturated rings. The lowest BCUT2D eigenvalue weighted by molar-refractivity contribution is 0.236. The summed E-state index contributed by atoms with van der Waals surface area (Å²) in [5.74, 6) is 0. The van der Waals surface area contributed by atoms with Gasteiger partial charge in [-0.2, -0.15) is 0 Å². The van der Waals surface area contributed by atoms with Crippen LogP contribution < -0.4 is 5.32 Å². The molecule has 0 spiro atoms. The molecule has 1 aromatic rings. The quantitative estimate of drug-likeness (QED) is 0.806. The molecule has 4 heteroatoms. The number of hydrogen-bond acceptors (Lipinski definition) is 2. The van der Waals surface area contributed by atoms with Gasteiger partial charge in [0, 0.05) is 23.7 Å². The molecule has 1 N–H and O–H groups in total. The van der Waals surface area contributed by atoms with Crippen LogP contribution in [0.25, 0.3) is 0 Å². The number of benzene rings is 1. The van der Waals surface area contributed by atoms with E-state index >= 15 is 0 Å². The fraction of sp³-hybridized carbons (Fsp3) is 0.625. The summed E-state index contributed by atoms with van der Waals surface area (Å²) in [5.41, 5.74) is 2.86. The molecule has 2 rings (SSSR count). The Morgan fingerprint density at radius 1 is 1.30 bits per heavy atom. The molecule has 0 amide bonds. The third-order valence-corrected chi connectivity index (χ3v) is 9.66. The molecule has 0 bridgehead atoms. The lowest BCUT2D eigenvalue weighted by Gasteiger charge is -2.38. The van der Waals surface area contributed by atoms with E-state index in [9.17, 15) is 0 Å². The van der Waals surface area contributed by atoms with Crippen molar-refractivity contribution in [2.24, 2.45) is 0 Å². The maximum Gasteiger partial charge on any atom is 0.192 e. The predicted octanol–water partition coefficient (Wildman–Crippen LogP) is 4.49. The van der Waals surface area contributed by atoms with E-state index in [-0.39, 0.29) is 5.04 Å². The molecular formula is C16H26BrNOSi. The SMILES string of the molecule is CC(C)(C)[Si](C)(C)OCC1Cc2ccc(Br)cc2CN1. The first-order valence-electron chi connectivity index (χ1n) is 7.34. The van der Waals surface area contributed by atoms with E-state index in [2.05, 4.69) is 73.3 Å². The van der Waals surface area contributed by atoms with E-state index in [4.69, 9.17) is 4.43 Å². The van der Waals surface area contributed by atoms with Gasteiger partial charge in [0.15, 0.2) is 8.32 Å². The summed E-state index contributed by atoms with van der Waals surface area (Å²) in [4.78, 5) is 0. The highest BCUT2D eigenvalue weighted by molar-refractivity contribution is 9.10. The van der Waals surface area contributed by atoms with Crippen molar-refractivity contribution in [1.82, 2.24) is 5.32 Å². The van der Waals surface area contributed by atoms with Crippen LogP contribution >= 0.6 is 15.9 Å².